The maximum Gasteiger partial charge on any atom is 0.338 e. The summed E-state index contributed by atoms with van der Waals surface area (Å²) in [7, 11) is 1.42. The second-order valence-electron chi connectivity index (χ2n) is 9.56. The van der Waals surface area contributed by atoms with Crippen LogP contribution >= 0.6 is 11.3 Å². The molecule has 0 fully saturated rings. The summed E-state index contributed by atoms with van der Waals surface area (Å²) in [5.41, 5.74) is 1.37. The highest BCUT2D eigenvalue weighted by molar-refractivity contribution is 7.07. The fraction of sp³-hybridized carbons (Fsp3) is 0.312. The number of fused-ring (bicyclic) bond motifs is 1. The number of nitrogens with zero attached hydrogens (tertiary/aromatic N) is 2. The number of allylic oxidation sites excluding steroid dienone is 1. The van der Waals surface area contributed by atoms with Crippen LogP contribution in [0.5, 0.6) is 23.0 Å². The zero-order valence-electron chi connectivity index (χ0n) is 26.4. The van der Waals surface area contributed by atoms with Crippen LogP contribution in [-0.2, 0) is 23.9 Å². The Morgan fingerprint density at radius 3 is 2.11 bits per heavy atom. The first-order valence-electron chi connectivity index (χ1n) is 14.0. The number of thiazole rings is 1. The summed E-state index contributed by atoms with van der Waals surface area (Å²) < 4.78 is 28.7. The minimum Gasteiger partial charge on any atom is -0.493 e. The molecule has 0 radical (unpaired) electrons. The number of carboxylic acid groups (broad SMARTS) is 1. The van der Waals surface area contributed by atoms with Gasteiger partial charge in [0.1, 0.15) is 0 Å². The molecule has 1 N–H and O–H groups in total. The topological polar surface area (TPSA) is 169 Å². The van der Waals surface area contributed by atoms with Gasteiger partial charge >= 0.3 is 17.9 Å². The summed E-state index contributed by atoms with van der Waals surface area (Å²) in [6, 6.07) is 8.88. The number of benzene rings is 2. The Morgan fingerprint density at radius 1 is 0.935 bits per heavy atom. The van der Waals surface area contributed by atoms with Gasteiger partial charge in [0.2, 0.25) is 0 Å². The molecular weight excluding hydrogens is 620 g/mol. The first-order chi connectivity index (χ1) is 21.8. The number of ether oxygens (including phenoxy) is 5. The molecule has 1 unspecified atom stereocenters. The molecule has 1 atom stereocenters. The Balaban J connectivity index is 0.00000136. The number of aromatic nitrogens is 1. The minimum atomic E-state index is -0.895. The average molecular weight is 655 g/mol. The molecule has 2 aromatic carbocycles. The Bertz CT molecular complexity index is 1870. The maximum absolute atomic E-state index is 13.9. The number of aliphatic carboxylic acids is 1. The highest BCUT2D eigenvalue weighted by atomic mass is 32.1. The first kappa shape index (κ1) is 35.2. The molecule has 1 aromatic heterocycles. The van der Waals surface area contributed by atoms with Gasteiger partial charge in [-0.05, 0) is 62.2 Å². The number of esters is 3. The van der Waals surface area contributed by atoms with Crippen LogP contribution < -0.4 is 33.8 Å². The molecule has 13 nitrogen and oxygen atoms in total. The van der Waals surface area contributed by atoms with Gasteiger partial charge in [-0.2, -0.15) is 0 Å². The highest BCUT2D eigenvalue weighted by Gasteiger charge is 2.34. The minimum absolute atomic E-state index is 0.132. The Labute approximate surface area is 268 Å². The van der Waals surface area contributed by atoms with Crippen molar-refractivity contribution in [1.29, 1.82) is 0 Å². The van der Waals surface area contributed by atoms with Crippen LogP contribution in [-0.4, -0.2) is 53.9 Å². The van der Waals surface area contributed by atoms with Crippen LogP contribution in [0.3, 0.4) is 0 Å². The van der Waals surface area contributed by atoms with Crippen molar-refractivity contribution in [3.63, 3.8) is 0 Å². The van der Waals surface area contributed by atoms with Gasteiger partial charge in [0.05, 0.1) is 42.2 Å². The SMILES string of the molecule is CC(=O)O.CCOC(=O)C1=C(C)N=c2s/c(=C/c3ccc(OC(C)=O)c(OCC)c3)c(=O)n2C1c1ccc(OC(C)=O)c(OC)c1. The third-order valence-corrected chi connectivity index (χ3v) is 7.08. The van der Waals surface area contributed by atoms with Gasteiger partial charge in [0.25, 0.3) is 11.5 Å². The van der Waals surface area contributed by atoms with Gasteiger partial charge in [-0.3, -0.25) is 23.7 Å². The zero-order valence-corrected chi connectivity index (χ0v) is 27.2. The van der Waals surface area contributed by atoms with Crippen LogP contribution in [0.1, 0.15) is 58.7 Å². The van der Waals surface area contributed by atoms with Crippen LogP contribution in [0.15, 0.2) is 57.5 Å². The Hall–Kier alpha value is -5.24. The number of methoxy groups -OCH3 is 1. The second kappa shape index (κ2) is 15.7. The van der Waals surface area contributed by atoms with Crippen LogP contribution in [0.4, 0.5) is 0 Å². The van der Waals surface area contributed by atoms with Gasteiger partial charge in [0.15, 0.2) is 27.8 Å². The van der Waals surface area contributed by atoms with Gasteiger partial charge in [-0.25, -0.2) is 9.79 Å². The fourth-order valence-corrected chi connectivity index (χ4v) is 5.52. The number of hydrogen-bond donors (Lipinski definition) is 1. The van der Waals surface area contributed by atoms with E-state index in [1.807, 2.05) is 0 Å². The van der Waals surface area contributed by atoms with Crippen molar-refractivity contribution in [2.45, 2.75) is 47.6 Å². The lowest BCUT2D eigenvalue weighted by molar-refractivity contribution is -0.139. The van der Waals surface area contributed by atoms with Crippen LogP contribution in [0, 0.1) is 0 Å². The van der Waals surface area contributed by atoms with Crippen molar-refractivity contribution >= 4 is 41.3 Å². The molecule has 0 bridgehead atoms. The van der Waals surface area contributed by atoms with Crippen molar-refractivity contribution in [2.75, 3.05) is 20.3 Å². The molecule has 0 spiro atoms. The van der Waals surface area contributed by atoms with E-state index in [0.717, 1.165) is 18.3 Å². The largest absolute Gasteiger partial charge is 0.493 e. The maximum atomic E-state index is 13.9. The van der Waals surface area contributed by atoms with Crippen LogP contribution in [0.25, 0.3) is 6.08 Å². The van der Waals surface area contributed by atoms with E-state index in [1.165, 1.54) is 25.5 Å². The molecule has 0 amide bonds. The van der Waals surface area contributed by atoms with E-state index in [2.05, 4.69) is 4.99 Å². The molecule has 3 aromatic rings. The van der Waals surface area contributed by atoms with Crippen molar-refractivity contribution in [3.8, 4) is 23.0 Å². The second-order valence-corrected chi connectivity index (χ2v) is 10.6. The van der Waals surface area contributed by atoms with Crippen molar-refractivity contribution < 1.29 is 48.0 Å². The van der Waals surface area contributed by atoms with Crippen molar-refractivity contribution in [1.82, 2.24) is 4.57 Å². The lowest BCUT2D eigenvalue weighted by atomic mass is 9.95. The summed E-state index contributed by atoms with van der Waals surface area (Å²) in [5, 5.41) is 7.42. The quantitative estimate of drug-likeness (QED) is 0.266. The molecule has 1 aliphatic rings. The van der Waals surface area contributed by atoms with Gasteiger partial charge in [-0.1, -0.05) is 23.5 Å². The number of hydrogen-bond acceptors (Lipinski definition) is 12. The normalized spacial score (nSPS) is 13.8. The lowest BCUT2D eigenvalue weighted by Crippen LogP contribution is -2.40. The highest BCUT2D eigenvalue weighted by Crippen LogP contribution is 2.36. The summed E-state index contributed by atoms with van der Waals surface area (Å²) in [6.45, 7) is 9.31. The fourth-order valence-electron chi connectivity index (χ4n) is 4.47. The number of rotatable bonds is 9. The number of carbonyl (C=O) groups excluding carboxylic acids is 3. The molecule has 46 heavy (non-hydrogen) atoms. The smallest absolute Gasteiger partial charge is 0.338 e. The van der Waals surface area contributed by atoms with E-state index >= 15 is 0 Å². The van der Waals surface area contributed by atoms with E-state index in [-0.39, 0.29) is 35.0 Å². The third kappa shape index (κ3) is 8.47. The first-order valence-corrected chi connectivity index (χ1v) is 14.8. The van der Waals surface area contributed by atoms with E-state index in [4.69, 9.17) is 33.6 Å². The summed E-state index contributed by atoms with van der Waals surface area (Å²) in [5.74, 6) is -1.38. The summed E-state index contributed by atoms with van der Waals surface area (Å²) in [6.07, 6.45) is 1.68. The van der Waals surface area contributed by atoms with Gasteiger partial charge < -0.3 is 28.8 Å². The summed E-state index contributed by atoms with van der Waals surface area (Å²) >= 11 is 1.16. The predicted molar refractivity (Wildman–Crippen MR) is 167 cm³/mol. The molecule has 0 saturated heterocycles. The summed E-state index contributed by atoms with van der Waals surface area (Å²) in [4.78, 5) is 64.1. The molecule has 2 heterocycles. The van der Waals surface area contributed by atoms with Gasteiger partial charge in [-0.15, -0.1) is 0 Å². The third-order valence-electron chi connectivity index (χ3n) is 6.09. The Morgan fingerprint density at radius 2 is 1.54 bits per heavy atom. The van der Waals surface area contributed by atoms with E-state index in [9.17, 15) is 19.2 Å². The zero-order chi connectivity index (χ0) is 34.1. The molecule has 0 aliphatic carbocycles. The van der Waals surface area contributed by atoms with Gasteiger partial charge in [0, 0.05) is 20.8 Å². The predicted octanol–water partition coefficient (Wildman–Crippen LogP) is 3.15. The molecule has 4 rings (SSSR count). The molecule has 14 heteroatoms. The standard InChI is InChI=1S/C30H30N2O9S.C2H4O2/c1-7-38-24-13-19(9-11-22(24)41-18(5)34)14-25-28(35)32-27(20-10-12-21(40-17(4)33)23(15-20)37-6)26(29(36)39-8-2)16(3)31-30(32)42-25;1-2(3)4/h9-15,27H,7-8H2,1-6H3;1H3,(H,3,4)/b25-14+;. The monoisotopic (exact) mass is 654 g/mol. The van der Waals surface area contributed by atoms with E-state index in [1.54, 1.807) is 63.2 Å². The molecular formula is C32H34N2O11S. The molecule has 244 valence electrons. The van der Waals surface area contributed by atoms with Crippen molar-refractivity contribution in [3.05, 3.63) is 78.5 Å². The number of carboxylic acids is 1. The lowest BCUT2D eigenvalue weighted by Gasteiger charge is -2.25. The van der Waals surface area contributed by atoms with Crippen molar-refractivity contribution in [2.24, 2.45) is 4.99 Å². The van der Waals surface area contributed by atoms with E-state index < -0.39 is 29.9 Å². The van der Waals surface area contributed by atoms with Crippen LogP contribution in [0.2, 0.25) is 0 Å². The average Bonchev–Trinajstić information content (AvgIpc) is 3.27. The number of carbonyl (C=O) groups is 4. The van der Waals surface area contributed by atoms with E-state index in [0.29, 0.717) is 38.5 Å². The molecule has 0 saturated carbocycles. The molecule has 1 aliphatic heterocycles. The Kier molecular flexibility index (Phi) is 12.0.